The molecule has 0 aliphatic rings. The van der Waals surface area contributed by atoms with E-state index in [2.05, 4.69) is 17.0 Å². The van der Waals surface area contributed by atoms with Crippen molar-refractivity contribution in [3.8, 4) is 0 Å². The van der Waals surface area contributed by atoms with Crippen molar-refractivity contribution in [2.45, 2.75) is 51.9 Å². The number of methoxy groups -OCH3 is 1. The minimum atomic E-state index is -0.224. The van der Waals surface area contributed by atoms with E-state index in [4.69, 9.17) is 0 Å². The summed E-state index contributed by atoms with van der Waals surface area (Å²) in [6.07, 6.45) is 9.21. The molecule has 0 heterocycles. The molecule has 0 saturated heterocycles. The zero-order valence-electron chi connectivity index (χ0n) is 12.7. The first kappa shape index (κ1) is 19.0. The average molecular weight is 301 g/mol. The predicted molar refractivity (Wildman–Crippen MR) is 84.6 cm³/mol. The Morgan fingerprint density at radius 2 is 1.85 bits per heavy atom. The number of thioether (sulfide) groups is 1. The van der Waals surface area contributed by atoms with Crippen molar-refractivity contribution in [3.05, 3.63) is 11.5 Å². The summed E-state index contributed by atoms with van der Waals surface area (Å²) in [6.45, 7) is 2.94. The molecule has 0 spiro atoms. The Kier molecular flexibility index (Phi) is 13.7. The van der Waals surface area contributed by atoms with Crippen LogP contribution in [-0.4, -0.2) is 31.3 Å². The fraction of sp³-hybridized carbons (Fsp3) is 0.733. The molecule has 0 aliphatic heterocycles. The van der Waals surface area contributed by atoms with E-state index in [1.807, 2.05) is 0 Å². The molecule has 0 radical (unpaired) electrons. The molecule has 116 valence electrons. The lowest BCUT2D eigenvalue weighted by atomic mass is 10.1. The van der Waals surface area contributed by atoms with Crippen LogP contribution in [0.25, 0.3) is 0 Å². The lowest BCUT2D eigenvalue weighted by Gasteiger charge is -2.02. The lowest BCUT2D eigenvalue weighted by Crippen LogP contribution is -2.21. The van der Waals surface area contributed by atoms with Gasteiger partial charge in [-0.1, -0.05) is 39.0 Å². The normalized spacial score (nSPS) is 10.7. The number of esters is 1. The predicted octanol–water partition coefficient (Wildman–Crippen LogP) is 3.27. The van der Waals surface area contributed by atoms with Crippen molar-refractivity contribution in [2.24, 2.45) is 0 Å². The van der Waals surface area contributed by atoms with E-state index in [0.717, 1.165) is 13.0 Å². The Morgan fingerprint density at radius 3 is 2.55 bits per heavy atom. The smallest absolute Gasteiger partial charge is 0.306 e. The number of nitrogens with one attached hydrogen (secondary N) is 1. The van der Waals surface area contributed by atoms with E-state index in [1.54, 1.807) is 5.41 Å². The van der Waals surface area contributed by atoms with Gasteiger partial charge in [0, 0.05) is 18.4 Å². The van der Waals surface area contributed by atoms with Crippen LogP contribution in [0.4, 0.5) is 0 Å². The second kappa shape index (κ2) is 14.4. The second-order valence-corrected chi connectivity index (χ2v) is 5.57. The molecule has 1 amide bonds. The molecule has 0 bridgehead atoms. The molecule has 0 fully saturated rings. The van der Waals surface area contributed by atoms with Crippen LogP contribution in [0.15, 0.2) is 11.5 Å². The van der Waals surface area contributed by atoms with Crippen molar-refractivity contribution in [2.75, 3.05) is 19.4 Å². The van der Waals surface area contributed by atoms with Gasteiger partial charge in [0.1, 0.15) is 0 Å². The number of amides is 1. The SMILES string of the molecule is CCCCCCCCNC(=O)/C=C\SCCC(=O)OC. The van der Waals surface area contributed by atoms with Crippen molar-refractivity contribution in [1.82, 2.24) is 5.32 Å². The van der Waals surface area contributed by atoms with Crippen LogP contribution in [0.3, 0.4) is 0 Å². The first-order valence-electron chi connectivity index (χ1n) is 7.33. The fourth-order valence-corrected chi connectivity index (χ4v) is 2.24. The summed E-state index contributed by atoms with van der Waals surface area (Å²) >= 11 is 1.44. The molecule has 0 atom stereocenters. The number of rotatable bonds is 12. The number of carbonyl (C=O) groups is 2. The van der Waals surface area contributed by atoms with Gasteiger partial charge in [-0.2, -0.15) is 0 Å². The van der Waals surface area contributed by atoms with Gasteiger partial charge in [0.15, 0.2) is 0 Å². The molecular formula is C15H27NO3S. The van der Waals surface area contributed by atoms with Gasteiger partial charge in [0.2, 0.25) is 5.91 Å². The van der Waals surface area contributed by atoms with Crippen molar-refractivity contribution in [1.29, 1.82) is 0 Å². The maximum Gasteiger partial charge on any atom is 0.306 e. The van der Waals surface area contributed by atoms with E-state index in [9.17, 15) is 9.59 Å². The highest BCUT2D eigenvalue weighted by Crippen LogP contribution is 2.05. The van der Waals surface area contributed by atoms with Crippen LogP contribution < -0.4 is 5.32 Å². The molecule has 0 saturated carbocycles. The van der Waals surface area contributed by atoms with E-state index in [-0.39, 0.29) is 11.9 Å². The van der Waals surface area contributed by atoms with Crippen molar-refractivity contribution >= 4 is 23.6 Å². The largest absolute Gasteiger partial charge is 0.469 e. The van der Waals surface area contributed by atoms with Crippen molar-refractivity contribution < 1.29 is 14.3 Å². The van der Waals surface area contributed by atoms with E-state index in [1.165, 1.54) is 57.1 Å². The van der Waals surface area contributed by atoms with Crippen LogP contribution in [0.1, 0.15) is 51.9 Å². The second-order valence-electron chi connectivity index (χ2n) is 4.56. The summed E-state index contributed by atoms with van der Waals surface area (Å²) in [5, 5.41) is 4.58. The zero-order valence-corrected chi connectivity index (χ0v) is 13.5. The Morgan fingerprint density at radius 1 is 1.15 bits per heavy atom. The minimum absolute atomic E-state index is 0.0656. The van der Waals surface area contributed by atoms with Gasteiger partial charge in [-0.15, -0.1) is 11.8 Å². The highest BCUT2D eigenvalue weighted by molar-refractivity contribution is 8.02. The summed E-state index contributed by atoms with van der Waals surface area (Å²) in [4.78, 5) is 22.3. The van der Waals surface area contributed by atoms with E-state index >= 15 is 0 Å². The molecule has 0 aromatic rings. The van der Waals surface area contributed by atoms with Crippen LogP contribution >= 0.6 is 11.8 Å². The van der Waals surface area contributed by atoms with Gasteiger partial charge in [0.25, 0.3) is 0 Å². The molecule has 0 aliphatic carbocycles. The summed E-state index contributed by atoms with van der Waals surface area (Å²) < 4.78 is 4.52. The Balaban J connectivity index is 3.37. The first-order chi connectivity index (χ1) is 9.70. The van der Waals surface area contributed by atoms with Crippen molar-refractivity contribution in [3.63, 3.8) is 0 Å². The van der Waals surface area contributed by atoms with Crippen LogP contribution in [0, 0.1) is 0 Å². The topological polar surface area (TPSA) is 55.4 Å². The molecule has 4 nitrogen and oxygen atoms in total. The molecule has 5 heteroatoms. The third kappa shape index (κ3) is 13.5. The molecule has 0 aromatic heterocycles. The number of hydrogen-bond donors (Lipinski definition) is 1. The molecule has 0 unspecified atom stereocenters. The third-order valence-electron chi connectivity index (χ3n) is 2.80. The van der Waals surface area contributed by atoms with Crippen LogP contribution in [0.2, 0.25) is 0 Å². The van der Waals surface area contributed by atoms with Gasteiger partial charge in [0.05, 0.1) is 13.5 Å². The highest BCUT2D eigenvalue weighted by atomic mass is 32.2. The van der Waals surface area contributed by atoms with Gasteiger partial charge in [-0.25, -0.2) is 0 Å². The fourth-order valence-electron chi connectivity index (χ4n) is 1.60. The quantitative estimate of drug-likeness (QED) is 0.341. The van der Waals surface area contributed by atoms with Crippen LogP contribution in [0.5, 0.6) is 0 Å². The average Bonchev–Trinajstić information content (AvgIpc) is 2.45. The van der Waals surface area contributed by atoms with Gasteiger partial charge < -0.3 is 10.1 Å². The third-order valence-corrected chi connectivity index (χ3v) is 3.57. The number of unbranched alkanes of at least 4 members (excludes halogenated alkanes) is 5. The summed E-state index contributed by atoms with van der Waals surface area (Å²) in [5.41, 5.74) is 0. The minimum Gasteiger partial charge on any atom is -0.469 e. The standard InChI is InChI=1S/C15H27NO3S/c1-3-4-5-6-7-8-11-16-14(17)9-12-20-13-10-15(18)19-2/h9,12H,3-8,10-11,13H2,1-2H3,(H,16,17)/b12-9-. The summed E-state index contributed by atoms with van der Waals surface area (Å²) in [6, 6.07) is 0. The molecular weight excluding hydrogens is 274 g/mol. The first-order valence-corrected chi connectivity index (χ1v) is 8.38. The summed E-state index contributed by atoms with van der Waals surface area (Å²) in [7, 11) is 1.37. The van der Waals surface area contributed by atoms with Crippen LogP contribution in [-0.2, 0) is 14.3 Å². The Labute approximate surface area is 126 Å². The zero-order chi connectivity index (χ0) is 15.1. The summed E-state index contributed by atoms with van der Waals surface area (Å²) in [5.74, 6) is 0.344. The lowest BCUT2D eigenvalue weighted by molar-refractivity contribution is -0.140. The molecule has 20 heavy (non-hydrogen) atoms. The van der Waals surface area contributed by atoms with E-state index < -0.39 is 0 Å². The highest BCUT2D eigenvalue weighted by Gasteiger charge is 1.98. The number of ether oxygens (including phenoxy) is 1. The molecule has 0 aromatic carbocycles. The monoisotopic (exact) mass is 301 g/mol. The molecule has 0 rings (SSSR count). The number of carbonyl (C=O) groups excluding carboxylic acids is 2. The van der Waals surface area contributed by atoms with Gasteiger partial charge in [-0.3, -0.25) is 9.59 Å². The van der Waals surface area contributed by atoms with Gasteiger partial charge >= 0.3 is 5.97 Å². The maximum absolute atomic E-state index is 11.4. The maximum atomic E-state index is 11.4. The molecule has 1 N–H and O–H groups in total. The Bertz CT molecular complexity index is 293. The number of hydrogen-bond acceptors (Lipinski definition) is 4. The van der Waals surface area contributed by atoms with E-state index in [0.29, 0.717) is 12.2 Å². The Hall–Kier alpha value is -0.970. The van der Waals surface area contributed by atoms with Gasteiger partial charge in [-0.05, 0) is 11.8 Å².